The number of carbonyl (C=O) groups excluding carboxylic acids is 2. The molecular weight excluding hydrogens is 523 g/mol. The van der Waals surface area contributed by atoms with Gasteiger partial charge in [0.25, 0.3) is 0 Å². The standard InChI is InChI=1S/C19H20BrF3NO9/c1-10-4-12(20)5-11-6-13(15(19(21,22)23)33-14(10)11)16(25)30-9-31-17(26)29-7-18(2,3)8-32-24(27)28/h4-6,15H,7-9H2,1-3H3,(H,27,28)/q+1/t15-/m0/s1. The van der Waals surface area contributed by atoms with Gasteiger partial charge in [-0.25, -0.2) is 14.8 Å². The van der Waals surface area contributed by atoms with Crippen molar-refractivity contribution in [3.8, 4) is 5.75 Å². The van der Waals surface area contributed by atoms with E-state index in [1.165, 1.54) is 19.9 Å². The van der Waals surface area contributed by atoms with Gasteiger partial charge in [0.05, 0.1) is 5.57 Å². The molecule has 0 bridgehead atoms. The van der Waals surface area contributed by atoms with Crippen molar-refractivity contribution >= 4 is 34.1 Å². The normalized spacial score (nSPS) is 15.5. The predicted octanol–water partition coefficient (Wildman–Crippen LogP) is 4.24. The van der Waals surface area contributed by atoms with Gasteiger partial charge in [-0.3, -0.25) is 0 Å². The van der Waals surface area contributed by atoms with Crippen LogP contribution in [0.25, 0.3) is 6.08 Å². The number of carbonyl (C=O) groups is 2. The molecule has 33 heavy (non-hydrogen) atoms. The molecule has 1 N–H and O–H groups in total. The number of nitrogens with zero attached hydrogens (tertiary/aromatic N) is 1. The first-order chi connectivity index (χ1) is 15.2. The molecule has 1 aromatic carbocycles. The van der Waals surface area contributed by atoms with Crippen LogP contribution < -0.4 is 4.74 Å². The molecule has 2 rings (SSSR count). The highest BCUT2D eigenvalue weighted by atomic mass is 79.9. The van der Waals surface area contributed by atoms with E-state index in [1.54, 1.807) is 13.0 Å². The summed E-state index contributed by atoms with van der Waals surface area (Å²) in [6.07, 6.45) is -7.77. The minimum atomic E-state index is -4.91. The van der Waals surface area contributed by atoms with Crippen LogP contribution >= 0.6 is 15.9 Å². The third-order valence-corrected chi connectivity index (χ3v) is 4.60. The molecule has 0 saturated heterocycles. The van der Waals surface area contributed by atoms with Crippen LogP contribution in [0.15, 0.2) is 22.2 Å². The van der Waals surface area contributed by atoms with Gasteiger partial charge in [0.15, 0.2) is 6.61 Å². The molecule has 0 amide bonds. The molecule has 10 nitrogen and oxygen atoms in total. The van der Waals surface area contributed by atoms with Crippen LogP contribution in [0.4, 0.5) is 18.0 Å². The number of alkyl halides is 3. The van der Waals surface area contributed by atoms with Gasteiger partial charge in [0, 0.05) is 15.5 Å². The Balaban J connectivity index is 1.99. The van der Waals surface area contributed by atoms with E-state index < -0.39 is 47.3 Å². The number of aryl methyl sites for hydroxylation is 1. The van der Waals surface area contributed by atoms with Gasteiger partial charge in [0.2, 0.25) is 12.9 Å². The summed E-state index contributed by atoms with van der Waals surface area (Å²) in [5, 5.41) is 7.65. The summed E-state index contributed by atoms with van der Waals surface area (Å²) in [5.74, 6) is -1.43. The maximum absolute atomic E-state index is 13.5. The molecule has 0 saturated carbocycles. The molecule has 0 aromatic heterocycles. The molecular formula is C19H20BrF3NO9+. The largest absolute Gasteiger partial charge is 0.511 e. The quantitative estimate of drug-likeness (QED) is 0.292. The molecule has 182 valence electrons. The molecule has 1 atom stereocenters. The highest BCUT2D eigenvalue weighted by molar-refractivity contribution is 9.10. The summed E-state index contributed by atoms with van der Waals surface area (Å²) in [7, 11) is 0. The van der Waals surface area contributed by atoms with Crippen LogP contribution in [-0.2, 0) is 23.8 Å². The summed E-state index contributed by atoms with van der Waals surface area (Å²) < 4.78 is 60.0. The average molecular weight is 543 g/mol. The molecule has 0 unspecified atom stereocenters. The molecule has 1 aliphatic rings. The Kier molecular flexibility index (Phi) is 8.16. The van der Waals surface area contributed by atoms with E-state index in [0.29, 0.717) is 10.0 Å². The van der Waals surface area contributed by atoms with Gasteiger partial charge in [-0.15, -0.1) is 0 Å². The van der Waals surface area contributed by atoms with Crippen LogP contribution in [0, 0.1) is 17.2 Å². The van der Waals surface area contributed by atoms with Crippen molar-refractivity contribution in [2.24, 2.45) is 5.41 Å². The Hall–Kier alpha value is -3.03. The monoisotopic (exact) mass is 542 g/mol. The first-order valence-electron chi connectivity index (χ1n) is 9.20. The van der Waals surface area contributed by atoms with Crippen LogP contribution in [0.1, 0.15) is 25.0 Å². The fraction of sp³-hybridized carbons (Fsp3) is 0.474. The Labute approximate surface area is 193 Å². The fourth-order valence-corrected chi connectivity index (χ4v) is 3.23. The summed E-state index contributed by atoms with van der Waals surface area (Å²) in [6.45, 7) is 2.99. The number of benzene rings is 1. The van der Waals surface area contributed by atoms with Crippen molar-refractivity contribution in [2.45, 2.75) is 33.1 Å². The summed E-state index contributed by atoms with van der Waals surface area (Å²) in [6, 6.07) is 3.04. The molecule has 1 heterocycles. The van der Waals surface area contributed by atoms with Gasteiger partial charge in [-0.05, 0) is 30.7 Å². The van der Waals surface area contributed by atoms with E-state index >= 15 is 0 Å². The number of hydrogen-bond acceptors (Lipinski definition) is 8. The second-order valence-electron chi connectivity index (χ2n) is 7.69. The topological polar surface area (TPSA) is 121 Å². The van der Waals surface area contributed by atoms with E-state index in [1.807, 2.05) is 0 Å². The molecule has 0 fully saturated rings. The van der Waals surface area contributed by atoms with Gasteiger partial charge < -0.3 is 18.9 Å². The second kappa shape index (κ2) is 10.3. The first-order valence-corrected chi connectivity index (χ1v) is 10.00. The van der Waals surface area contributed by atoms with Crippen molar-refractivity contribution in [2.75, 3.05) is 20.0 Å². The second-order valence-corrected chi connectivity index (χ2v) is 8.60. The number of fused-ring (bicyclic) bond motifs is 1. The highest BCUT2D eigenvalue weighted by Gasteiger charge is 2.49. The summed E-state index contributed by atoms with van der Waals surface area (Å²) in [4.78, 5) is 38.6. The molecule has 14 heteroatoms. The first kappa shape index (κ1) is 26.2. The smallest absolute Gasteiger partial charge is 0.475 e. The zero-order valence-electron chi connectivity index (χ0n) is 17.6. The lowest BCUT2D eigenvalue weighted by atomic mass is 9.97. The molecule has 0 spiro atoms. The number of esters is 1. The number of halogens is 4. The highest BCUT2D eigenvalue weighted by Crippen LogP contribution is 2.40. The molecule has 0 aliphatic carbocycles. The SMILES string of the molecule is Cc1cc(Br)cc2c1O[C@H](C(F)(F)F)C(C(=O)OCOC(=O)OCC(C)(C)CO[N+](=O)O)=C2. The molecule has 1 aromatic rings. The van der Waals surface area contributed by atoms with E-state index in [0.717, 1.165) is 6.08 Å². The number of hydrogen-bond donors (Lipinski definition) is 1. The minimum Gasteiger partial charge on any atom is -0.475 e. The zero-order chi connectivity index (χ0) is 25.0. The van der Waals surface area contributed by atoms with Crippen LogP contribution in [0.2, 0.25) is 0 Å². The van der Waals surface area contributed by atoms with Crippen LogP contribution in [-0.4, -0.2) is 54.7 Å². The van der Waals surface area contributed by atoms with E-state index in [9.17, 15) is 27.7 Å². The Morgan fingerprint density at radius 3 is 2.45 bits per heavy atom. The van der Waals surface area contributed by atoms with Gasteiger partial charge in [-0.2, -0.15) is 18.0 Å². The summed E-state index contributed by atoms with van der Waals surface area (Å²) >= 11 is 3.22. The molecule has 0 radical (unpaired) electrons. The lowest BCUT2D eigenvalue weighted by molar-refractivity contribution is -0.977. The Morgan fingerprint density at radius 1 is 1.18 bits per heavy atom. The number of rotatable bonds is 8. The van der Waals surface area contributed by atoms with E-state index in [4.69, 9.17) is 14.7 Å². The van der Waals surface area contributed by atoms with E-state index in [2.05, 4.69) is 30.2 Å². The van der Waals surface area contributed by atoms with Crippen molar-refractivity contribution in [1.82, 2.24) is 0 Å². The third-order valence-electron chi connectivity index (χ3n) is 4.14. The van der Waals surface area contributed by atoms with Crippen molar-refractivity contribution in [3.63, 3.8) is 0 Å². The predicted molar refractivity (Wildman–Crippen MR) is 106 cm³/mol. The Bertz CT molecular complexity index is 963. The van der Waals surface area contributed by atoms with Crippen molar-refractivity contribution in [1.29, 1.82) is 0 Å². The Morgan fingerprint density at radius 2 is 1.85 bits per heavy atom. The van der Waals surface area contributed by atoms with Gasteiger partial charge >= 0.3 is 23.4 Å². The fourth-order valence-electron chi connectivity index (χ4n) is 2.64. The third kappa shape index (κ3) is 7.51. The van der Waals surface area contributed by atoms with Crippen LogP contribution in [0.5, 0.6) is 5.75 Å². The van der Waals surface area contributed by atoms with Crippen LogP contribution in [0.3, 0.4) is 0 Å². The maximum Gasteiger partial charge on any atom is 0.511 e. The van der Waals surface area contributed by atoms with Crippen molar-refractivity contribution < 1.29 is 56.8 Å². The summed E-state index contributed by atoms with van der Waals surface area (Å²) in [5.41, 5.74) is -1.06. The maximum atomic E-state index is 13.5. The average Bonchev–Trinajstić information content (AvgIpc) is 2.69. The minimum absolute atomic E-state index is 0.0233. The molecule has 1 aliphatic heterocycles. The van der Waals surface area contributed by atoms with E-state index in [-0.39, 0.29) is 24.5 Å². The lowest BCUT2D eigenvalue weighted by Gasteiger charge is -2.28. The van der Waals surface area contributed by atoms with Gasteiger partial charge in [0.1, 0.15) is 17.3 Å². The zero-order valence-corrected chi connectivity index (χ0v) is 19.2. The number of ether oxygens (including phenoxy) is 4. The van der Waals surface area contributed by atoms with Gasteiger partial charge in [-0.1, -0.05) is 29.8 Å². The van der Waals surface area contributed by atoms with Crippen molar-refractivity contribution in [3.05, 3.63) is 38.2 Å². The lowest BCUT2D eigenvalue weighted by Crippen LogP contribution is -2.41.